The van der Waals surface area contributed by atoms with Crippen molar-refractivity contribution in [1.29, 1.82) is 0 Å². The number of hydrogen-bond donors (Lipinski definition) is 2. The smallest absolute Gasteiger partial charge is 0.325 e. The van der Waals surface area contributed by atoms with Gasteiger partial charge in [0.1, 0.15) is 18.2 Å². The normalized spacial score (nSPS) is 23.6. The molecule has 246 valence electrons. The number of ketones is 1. The Morgan fingerprint density at radius 1 is 1.26 bits per heavy atom. The minimum atomic E-state index is -1.50. The maximum absolute atomic E-state index is 13.1. The van der Waals surface area contributed by atoms with Crippen LogP contribution in [0.25, 0.3) is 0 Å². The van der Waals surface area contributed by atoms with E-state index in [0.29, 0.717) is 19.6 Å². The lowest BCUT2D eigenvalue weighted by molar-refractivity contribution is -0.144. The van der Waals surface area contributed by atoms with Crippen molar-refractivity contribution in [2.75, 3.05) is 19.7 Å². The second-order valence-electron chi connectivity index (χ2n) is 11.5. The molecule has 5 atom stereocenters. The third-order valence-corrected chi connectivity index (χ3v) is 9.05. The quantitative estimate of drug-likeness (QED) is 0.0611. The van der Waals surface area contributed by atoms with E-state index in [1.165, 1.54) is 13.3 Å². The third kappa shape index (κ3) is 12.8. The standard InChI is InChI=1S/C30H54N5O7P/c1-9-31-20-40-43(35(21(2)3)22(4)5)42-26-18-27(41-25(26)8)34-19-23(6)29(33-30(34)38)32-16-12-10-11-13-17-39-28(37)15-14-24(7)36/h19-22,25-27,29,32H,9-18H2,1-8H3,(H,33,38)/t25?,26-,27?,29?,43?/m1/s1/i8D. The summed E-state index contributed by atoms with van der Waals surface area (Å²) in [5.41, 5.74) is 0.949. The molecule has 1 fully saturated rings. The van der Waals surface area contributed by atoms with Crippen LogP contribution in [0.15, 0.2) is 16.8 Å². The van der Waals surface area contributed by atoms with Crippen LogP contribution in [0.5, 0.6) is 0 Å². The van der Waals surface area contributed by atoms with Crippen LogP contribution < -0.4 is 10.6 Å². The number of nitrogens with one attached hydrogen (secondary N) is 2. The van der Waals surface area contributed by atoms with Crippen molar-refractivity contribution < 1.29 is 34.3 Å². The van der Waals surface area contributed by atoms with Crippen molar-refractivity contribution in [1.82, 2.24) is 20.2 Å². The summed E-state index contributed by atoms with van der Waals surface area (Å²) in [6.07, 6.45) is 5.85. The molecule has 4 unspecified atom stereocenters. The lowest BCUT2D eigenvalue weighted by Gasteiger charge is -2.36. The molecule has 43 heavy (non-hydrogen) atoms. The number of carbonyl (C=O) groups excluding carboxylic acids is 3. The highest BCUT2D eigenvalue weighted by molar-refractivity contribution is 7.45. The number of esters is 1. The van der Waals surface area contributed by atoms with Crippen LogP contribution in [-0.2, 0) is 28.1 Å². The van der Waals surface area contributed by atoms with Gasteiger partial charge in [-0.25, -0.2) is 9.46 Å². The van der Waals surface area contributed by atoms with Crippen LogP contribution in [0, 0.1) is 0 Å². The molecular formula is C30H54N5O7P. The Morgan fingerprint density at radius 3 is 2.63 bits per heavy atom. The zero-order chi connectivity index (χ0) is 32.6. The van der Waals surface area contributed by atoms with Crippen LogP contribution >= 0.6 is 8.53 Å². The first-order valence-electron chi connectivity index (χ1n) is 16.2. The molecule has 0 aromatic rings. The van der Waals surface area contributed by atoms with E-state index in [0.717, 1.165) is 37.8 Å². The van der Waals surface area contributed by atoms with Gasteiger partial charge in [-0.05, 0) is 80.3 Å². The topological polar surface area (TPSA) is 131 Å². The summed E-state index contributed by atoms with van der Waals surface area (Å²) in [7, 11) is -1.50. The maximum Gasteiger partial charge on any atom is 0.325 e. The van der Waals surface area contributed by atoms with Crippen LogP contribution in [-0.4, -0.2) is 90.1 Å². The summed E-state index contributed by atoms with van der Waals surface area (Å²) in [5, 5.41) is 6.41. The fraction of sp³-hybridized carbons (Fsp3) is 0.800. The van der Waals surface area contributed by atoms with Gasteiger partial charge in [0.25, 0.3) is 0 Å². The molecule has 0 spiro atoms. The predicted octanol–water partition coefficient (Wildman–Crippen LogP) is 5.23. The average molecular weight is 629 g/mol. The number of urea groups is 1. The molecule has 2 aliphatic heterocycles. The van der Waals surface area contributed by atoms with Crippen molar-refractivity contribution in [3.8, 4) is 0 Å². The van der Waals surface area contributed by atoms with Crippen molar-refractivity contribution in [3.05, 3.63) is 11.8 Å². The molecule has 1 saturated heterocycles. The SMILES string of the molecule is [2H]CC1OC(N2C=C(C)C(NCCCCCCOC(=O)CCC(C)=O)NC2=O)C[C@H]1OP(OC=NCC)N(C(C)C)C(C)C. The Hall–Kier alpha value is -2.11. The summed E-state index contributed by atoms with van der Waals surface area (Å²) < 4.78 is 34.0. The minimum Gasteiger partial charge on any atom is -0.466 e. The van der Waals surface area contributed by atoms with Gasteiger partial charge in [-0.1, -0.05) is 12.8 Å². The number of unbranched alkanes of at least 4 members (excludes halogenated alkanes) is 3. The molecule has 0 bridgehead atoms. The van der Waals surface area contributed by atoms with Crippen LogP contribution in [0.3, 0.4) is 0 Å². The number of amides is 2. The van der Waals surface area contributed by atoms with E-state index in [1.54, 1.807) is 4.90 Å². The zero-order valence-corrected chi connectivity index (χ0v) is 27.9. The number of carbonyl (C=O) groups is 3. The lowest BCUT2D eigenvalue weighted by Crippen LogP contribution is -2.56. The molecule has 0 aromatic heterocycles. The van der Waals surface area contributed by atoms with Gasteiger partial charge in [-0.15, -0.1) is 0 Å². The molecule has 0 saturated carbocycles. The largest absolute Gasteiger partial charge is 0.466 e. The van der Waals surface area contributed by atoms with Gasteiger partial charge in [0, 0.05) is 39.0 Å². The number of Topliss-reactive ketones (excluding diaryl/α,β-unsaturated/α-hetero) is 1. The summed E-state index contributed by atoms with van der Waals surface area (Å²) in [4.78, 5) is 41.4. The molecule has 2 heterocycles. The molecular weight excluding hydrogens is 573 g/mol. The Morgan fingerprint density at radius 2 is 1.98 bits per heavy atom. The molecule has 2 N–H and O–H groups in total. The first-order valence-corrected chi connectivity index (χ1v) is 16.6. The second kappa shape index (κ2) is 19.3. The van der Waals surface area contributed by atoms with Crippen LogP contribution in [0.4, 0.5) is 4.79 Å². The zero-order valence-electron chi connectivity index (χ0n) is 28.0. The highest BCUT2D eigenvalue weighted by Gasteiger charge is 2.42. The molecule has 2 aliphatic rings. The Balaban J connectivity index is 1.86. The third-order valence-electron chi connectivity index (χ3n) is 7.02. The summed E-state index contributed by atoms with van der Waals surface area (Å²) in [6.45, 7) is 15.4. The van der Waals surface area contributed by atoms with Gasteiger partial charge in [0.05, 0.1) is 25.2 Å². The van der Waals surface area contributed by atoms with Crippen molar-refractivity contribution in [2.24, 2.45) is 4.99 Å². The van der Waals surface area contributed by atoms with E-state index in [1.807, 2.05) is 20.0 Å². The molecule has 2 rings (SSSR count). The summed E-state index contributed by atoms with van der Waals surface area (Å²) >= 11 is 0. The van der Waals surface area contributed by atoms with Crippen molar-refractivity contribution in [2.45, 2.75) is 137 Å². The Labute approximate surface area is 260 Å². The number of aliphatic imine (C=N–C) groups is 1. The Bertz CT molecular complexity index is 962. The number of hydrogen-bond acceptors (Lipinski definition) is 10. The second-order valence-corrected chi connectivity index (χ2v) is 12.8. The van der Waals surface area contributed by atoms with Crippen molar-refractivity contribution in [3.63, 3.8) is 0 Å². The maximum atomic E-state index is 13.1. The molecule has 0 radical (unpaired) electrons. The molecule has 13 heteroatoms. The van der Waals surface area contributed by atoms with E-state index < -0.39 is 27.0 Å². The van der Waals surface area contributed by atoms with E-state index in [9.17, 15) is 14.4 Å². The number of rotatable bonds is 20. The number of nitrogens with zero attached hydrogens (tertiary/aromatic N) is 3. The van der Waals surface area contributed by atoms with Crippen molar-refractivity contribution >= 4 is 32.7 Å². The fourth-order valence-corrected chi connectivity index (χ4v) is 6.43. The summed E-state index contributed by atoms with van der Waals surface area (Å²) in [5.74, 6) is -0.341. The highest BCUT2D eigenvalue weighted by Crippen LogP contribution is 2.48. The van der Waals surface area contributed by atoms with Gasteiger partial charge < -0.3 is 28.6 Å². The number of ether oxygens (including phenoxy) is 2. The van der Waals surface area contributed by atoms with E-state index in [-0.39, 0.29) is 55.8 Å². The van der Waals surface area contributed by atoms with Crippen LogP contribution in [0.1, 0.15) is 102 Å². The molecule has 12 nitrogen and oxygen atoms in total. The Kier molecular flexibility index (Phi) is 15.9. The molecule has 0 aromatic carbocycles. The monoisotopic (exact) mass is 628 g/mol. The van der Waals surface area contributed by atoms with E-state index in [2.05, 4.69) is 48.0 Å². The summed E-state index contributed by atoms with van der Waals surface area (Å²) in [6, 6.07) is 0.0648. The van der Waals surface area contributed by atoms with Gasteiger partial charge in [-0.2, -0.15) is 0 Å². The van der Waals surface area contributed by atoms with Gasteiger partial charge >= 0.3 is 20.5 Å². The van der Waals surface area contributed by atoms with Gasteiger partial charge in [0.2, 0.25) is 0 Å². The first-order chi connectivity index (χ1) is 21.0. The van der Waals surface area contributed by atoms with Gasteiger partial charge in [-0.3, -0.25) is 20.0 Å². The van der Waals surface area contributed by atoms with E-state index in [4.69, 9.17) is 19.9 Å². The fourth-order valence-electron chi connectivity index (χ4n) is 4.81. The van der Waals surface area contributed by atoms with Gasteiger partial charge in [0.15, 0.2) is 6.40 Å². The first kappa shape index (κ1) is 35.4. The average Bonchev–Trinajstić information content (AvgIpc) is 3.36. The highest BCUT2D eigenvalue weighted by atomic mass is 31.2. The van der Waals surface area contributed by atoms with E-state index >= 15 is 0 Å². The lowest BCUT2D eigenvalue weighted by atomic mass is 10.1. The predicted molar refractivity (Wildman–Crippen MR) is 168 cm³/mol. The molecule has 2 amide bonds. The van der Waals surface area contributed by atoms with Crippen LogP contribution in [0.2, 0.25) is 0 Å². The molecule has 0 aliphatic carbocycles. The minimum absolute atomic E-state index is 0.00137.